The number of ether oxygens (including phenoxy) is 3. The standard InChI is InChI=1S/C37H34N4O6S/c1-22(2)21-47-36(44)31-23(3)38-37-41(33(31)25-11-13-26(14-12-25)35(43)46-5)34(42)30(48-37)19-27-20-40(28-9-7-6-8-10-28)39-32(27)24-15-17-29(45-4)18-16-24/h6-20,22,33H,21H2,1-5H3. The van der Waals surface area contributed by atoms with Crippen molar-refractivity contribution in [1.29, 1.82) is 0 Å². The maximum Gasteiger partial charge on any atom is 0.338 e. The average molecular weight is 663 g/mol. The molecule has 1 aliphatic heterocycles. The highest BCUT2D eigenvalue weighted by molar-refractivity contribution is 7.07. The normalized spacial score (nSPS) is 14.5. The summed E-state index contributed by atoms with van der Waals surface area (Å²) in [6, 6.07) is 23.1. The van der Waals surface area contributed by atoms with Gasteiger partial charge in [0.1, 0.15) is 11.4 Å². The number of methoxy groups -OCH3 is 2. The number of benzene rings is 3. The van der Waals surface area contributed by atoms with Gasteiger partial charge in [-0.05, 0) is 73.0 Å². The second-order valence-electron chi connectivity index (χ2n) is 11.6. The fraction of sp³-hybridized carbons (Fsp3) is 0.216. The SMILES string of the molecule is COC(=O)c1ccc(C2C(C(=O)OCC(C)C)=C(C)N=c3sc(=Cc4cn(-c5ccccc5)nc4-c4ccc(OC)cc4)c(=O)n32)cc1. The zero-order valence-electron chi connectivity index (χ0n) is 27.2. The van der Waals surface area contributed by atoms with Crippen LogP contribution < -0.4 is 19.6 Å². The van der Waals surface area contributed by atoms with Crippen molar-refractivity contribution < 1.29 is 23.8 Å². The van der Waals surface area contributed by atoms with Crippen molar-refractivity contribution in [3.05, 3.63) is 133 Å². The largest absolute Gasteiger partial charge is 0.497 e. The third kappa shape index (κ3) is 6.37. The first-order valence-electron chi connectivity index (χ1n) is 15.4. The summed E-state index contributed by atoms with van der Waals surface area (Å²) in [6.07, 6.45) is 3.69. The molecule has 1 atom stereocenters. The lowest BCUT2D eigenvalue weighted by Crippen LogP contribution is -2.40. The number of esters is 2. The van der Waals surface area contributed by atoms with Crippen LogP contribution in [0.25, 0.3) is 23.0 Å². The molecular weight excluding hydrogens is 628 g/mol. The molecule has 1 unspecified atom stereocenters. The molecule has 0 bridgehead atoms. The van der Waals surface area contributed by atoms with Gasteiger partial charge in [-0.15, -0.1) is 0 Å². The van der Waals surface area contributed by atoms with E-state index >= 15 is 0 Å². The fourth-order valence-corrected chi connectivity index (χ4v) is 6.50. The van der Waals surface area contributed by atoms with Gasteiger partial charge in [-0.3, -0.25) is 9.36 Å². The van der Waals surface area contributed by atoms with Crippen LogP contribution in [0.4, 0.5) is 0 Å². The Balaban J connectivity index is 1.52. The Bertz CT molecular complexity index is 2190. The number of nitrogens with zero attached hydrogens (tertiary/aromatic N) is 4. The van der Waals surface area contributed by atoms with E-state index in [1.165, 1.54) is 23.0 Å². The van der Waals surface area contributed by atoms with Crippen LogP contribution in [0.3, 0.4) is 0 Å². The Kier molecular flexibility index (Phi) is 9.22. The molecule has 0 N–H and O–H groups in total. The van der Waals surface area contributed by atoms with Crippen molar-refractivity contribution >= 4 is 29.4 Å². The number of carbonyl (C=O) groups is 2. The van der Waals surface area contributed by atoms with Gasteiger partial charge >= 0.3 is 11.9 Å². The van der Waals surface area contributed by atoms with Gasteiger partial charge in [-0.25, -0.2) is 19.3 Å². The first-order chi connectivity index (χ1) is 23.2. The minimum atomic E-state index is -0.831. The smallest absolute Gasteiger partial charge is 0.338 e. The second kappa shape index (κ2) is 13.7. The molecule has 10 nitrogen and oxygen atoms in total. The Labute approximate surface area is 280 Å². The van der Waals surface area contributed by atoms with E-state index in [9.17, 15) is 14.4 Å². The molecule has 2 aromatic heterocycles. The third-order valence-corrected chi connectivity index (χ3v) is 8.83. The predicted molar refractivity (Wildman–Crippen MR) is 183 cm³/mol. The molecule has 0 spiro atoms. The highest BCUT2D eigenvalue weighted by Crippen LogP contribution is 2.31. The van der Waals surface area contributed by atoms with E-state index < -0.39 is 18.0 Å². The number of carbonyl (C=O) groups excluding carboxylic acids is 2. The van der Waals surface area contributed by atoms with Crippen LogP contribution in [0.1, 0.15) is 48.3 Å². The molecular formula is C37H34N4O6S. The van der Waals surface area contributed by atoms with Gasteiger partial charge in [0.25, 0.3) is 5.56 Å². The lowest BCUT2D eigenvalue weighted by molar-refractivity contribution is -0.140. The van der Waals surface area contributed by atoms with Crippen molar-refractivity contribution in [3.8, 4) is 22.7 Å². The van der Waals surface area contributed by atoms with Crippen LogP contribution in [0.5, 0.6) is 5.75 Å². The number of aromatic nitrogens is 3. The number of rotatable bonds is 9. The monoisotopic (exact) mass is 662 g/mol. The summed E-state index contributed by atoms with van der Waals surface area (Å²) in [5.41, 5.74) is 4.47. The summed E-state index contributed by atoms with van der Waals surface area (Å²) in [5, 5.41) is 4.90. The lowest BCUT2D eigenvalue weighted by Gasteiger charge is -2.25. The molecule has 11 heteroatoms. The van der Waals surface area contributed by atoms with E-state index in [0.717, 1.165) is 16.8 Å². The zero-order valence-corrected chi connectivity index (χ0v) is 28.0. The molecule has 244 valence electrons. The van der Waals surface area contributed by atoms with Crippen LogP contribution in [0.2, 0.25) is 0 Å². The van der Waals surface area contributed by atoms with Crippen LogP contribution in [0.15, 0.2) is 106 Å². The summed E-state index contributed by atoms with van der Waals surface area (Å²) in [7, 11) is 2.93. The van der Waals surface area contributed by atoms with Crippen molar-refractivity contribution in [1.82, 2.24) is 14.3 Å². The number of hydrogen-bond acceptors (Lipinski definition) is 9. The second-order valence-corrected chi connectivity index (χ2v) is 12.6. The van der Waals surface area contributed by atoms with Crippen molar-refractivity contribution in [2.75, 3.05) is 20.8 Å². The minimum Gasteiger partial charge on any atom is -0.497 e. The third-order valence-electron chi connectivity index (χ3n) is 7.85. The van der Waals surface area contributed by atoms with Crippen LogP contribution in [-0.2, 0) is 14.3 Å². The van der Waals surface area contributed by atoms with Gasteiger partial charge in [0.15, 0.2) is 4.80 Å². The summed E-state index contributed by atoms with van der Waals surface area (Å²) in [5.74, 6) is -0.205. The van der Waals surface area contributed by atoms with Gasteiger partial charge in [0.2, 0.25) is 0 Å². The molecule has 6 rings (SSSR count). The predicted octanol–water partition coefficient (Wildman–Crippen LogP) is 5.08. The molecule has 0 radical (unpaired) electrons. The summed E-state index contributed by atoms with van der Waals surface area (Å²) in [4.78, 5) is 45.3. The van der Waals surface area contributed by atoms with E-state index in [1.54, 1.807) is 43.0 Å². The number of hydrogen-bond donors (Lipinski definition) is 0. The molecule has 0 aliphatic carbocycles. The van der Waals surface area contributed by atoms with Crippen LogP contribution >= 0.6 is 11.3 Å². The van der Waals surface area contributed by atoms with Gasteiger partial charge in [0.05, 0.1) is 53.9 Å². The van der Waals surface area contributed by atoms with Gasteiger partial charge < -0.3 is 14.2 Å². The first kappa shape index (κ1) is 32.4. The van der Waals surface area contributed by atoms with Crippen molar-refractivity contribution in [3.63, 3.8) is 0 Å². The van der Waals surface area contributed by atoms with Gasteiger partial charge in [-0.2, -0.15) is 5.10 Å². The number of fused-ring (bicyclic) bond motifs is 1. The van der Waals surface area contributed by atoms with E-state index in [0.29, 0.717) is 37.6 Å². The van der Waals surface area contributed by atoms with Gasteiger partial charge in [0, 0.05) is 17.3 Å². The molecule has 0 saturated carbocycles. The maximum absolute atomic E-state index is 14.4. The summed E-state index contributed by atoms with van der Waals surface area (Å²) < 4.78 is 19.6. The summed E-state index contributed by atoms with van der Waals surface area (Å²) in [6.45, 7) is 5.86. The fourth-order valence-electron chi connectivity index (χ4n) is 5.46. The molecule has 0 saturated heterocycles. The van der Waals surface area contributed by atoms with E-state index in [-0.39, 0.29) is 23.7 Å². The molecule has 3 aromatic carbocycles. The van der Waals surface area contributed by atoms with E-state index in [4.69, 9.17) is 24.3 Å². The topological polar surface area (TPSA) is 114 Å². The number of thiazole rings is 1. The maximum atomic E-state index is 14.4. The zero-order chi connectivity index (χ0) is 33.9. The molecule has 5 aromatic rings. The van der Waals surface area contributed by atoms with Crippen LogP contribution in [0, 0.1) is 5.92 Å². The lowest BCUT2D eigenvalue weighted by atomic mass is 9.95. The molecule has 0 amide bonds. The van der Waals surface area contributed by atoms with E-state index in [1.807, 2.05) is 80.7 Å². The highest BCUT2D eigenvalue weighted by Gasteiger charge is 2.33. The molecule has 0 fully saturated rings. The molecule has 3 heterocycles. The molecule has 48 heavy (non-hydrogen) atoms. The number of para-hydroxylation sites is 1. The Morgan fingerprint density at radius 2 is 1.67 bits per heavy atom. The van der Waals surface area contributed by atoms with Gasteiger partial charge in [-0.1, -0.05) is 55.5 Å². The first-order valence-corrected chi connectivity index (χ1v) is 16.2. The van der Waals surface area contributed by atoms with E-state index in [2.05, 4.69) is 0 Å². The Morgan fingerprint density at radius 1 is 0.958 bits per heavy atom. The average Bonchev–Trinajstić information content (AvgIpc) is 3.67. The Hall–Kier alpha value is -5.55. The Morgan fingerprint density at radius 3 is 2.31 bits per heavy atom. The van der Waals surface area contributed by atoms with Crippen molar-refractivity contribution in [2.24, 2.45) is 10.9 Å². The van der Waals surface area contributed by atoms with Crippen LogP contribution in [-0.4, -0.2) is 47.1 Å². The quantitative estimate of drug-likeness (QED) is 0.202. The summed E-state index contributed by atoms with van der Waals surface area (Å²) >= 11 is 1.23. The minimum absolute atomic E-state index is 0.116. The number of allylic oxidation sites excluding steroid dienone is 1. The molecule has 1 aliphatic rings. The highest BCUT2D eigenvalue weighted by atomic mass is 32.1. The van der Waals surface area contributed by atoms with Crippen molar-refractivity contribution in [2.45, 2.75) is 26.8 Å².